The molecule has 2 amide bonds. The number of hydrogen-bond acceptors (Lipinski definition) is 11. The lowest BCUT2D eigenvalue weighted by atomic mass is 9.55. The summed E-state index contributed by atoms with van der Waals surface area (Å²) in [5.41, 5.74) is 2.93. The predicted molar refractivity (Wildman–Crippen MR) is 247 cm³/mol. The quantitative estimate of drug-likeness (QED) is 0.0448. The average Bonchev–Trinajstić information content (AvgIpc) is 3.78. The Morgan fingerprint density at radius 1 is 0.891 bits per heavy atom. The second-order valence-corrected chi connectivity index (χ2v) is 17.7. The Labute approximate surface area is 380 Å². The maximum absolute atomic E-state index is 14.6. The Balaban J connectivity index is 1.34. The minimum atomic E-state index is -1.41. The van der Waals surface area contributed by atoms with Crippen molar-refractivity contribution in [2.24, 2.45) is 22.9 Å². The van der Waals surface area contributed by atoms with Crippen LogP contribution in [-0.2, 0) is 9.57 Å². The van der Waals surface area contributed by atoms with E-state index in [0.29, 0.717) is 60.3 Å². The highest BCUT2D eigenvalue weighted by molar-refractivity contribution is 6.03. The van der Waals surface area contributed by atoms with Crippen LogP contribution in [0.3, 0.4) is 0 Å². The molecule has 2 heterocycles. The Bertz CT molecular complexity index is 1900. The molecule has 1 saturated carbocycles. The lowest BCUT2D eigenvalue weighted by Gasteiger charge is -2.59. The Morgan fingerprint density at radius 2 is 1.59 bits per heavy atom. The van der Waals surface area contributed by atoms with Crippen molar-refractivity contribution in [2.45, 2.75) is 141 Å². The highest BCUT2D eigenvalue weighted by Gasteiger charge is 2.65. The number of aliphatic hydroxyl groups is 2. The zero-order valence-electron chi connectivity index (χ0n) is 38.5. The topological polar surface area (TPSA) is 158 Å². The number of nitrogens with one attached hydrogen (secondary N) is 1. The molecule has 0 aromatic heterocycles. The summed E-state index contributed by atoms with van der Waals surface area (Å²) in [7, 11) is 1.77. The number of aliphatic hydroxyl groups excluding tert-OH is 2. The van der Waals surface area contributed by atoms with E-state index < -0.39 is 23.8 Å². The summed E-state index contributed by atoms with van der Waals surface area (Å²) >= 11 is 0. The van der Waals surface area contributed by atoms with Gasteiger partial charge in [0.25, 0.3) is 5.91 Å². The van der Waals surface area contributed by atoms with E-state index >= 15 is 0 Å². The SMILES string of the molecule is C=CCO[C@@]12Oc3ccc(OC(=O)NCCCCCCCCCCCC)cc3[C@H]3[C@H](CCCCO)[C@@H](CCCCO)C=C(C(=NOCC)C[C@@H]1N(C)C(=O)c1ccc4c(c1)OCO4)[C@H]32. The third-order valence-corrected chi connectivity index (χ3v) is 13.4. The van der Waals surface area contributed by atoms with Crippen molar-refractivity contribution in [3.05, 3.63) is 71.8 Å². The maximum atomic E-state index is 14.6. The summed E-state index contributed by atoms with van der Waals surface area (Å²) in [5, 5.41) is 27.5. The first-order valence-electron chi connectivity index (χ1n) is 24.1. The molecular weight excluding hydrogens is 815 g/mol. The number of hydrogen-bond donors (Lipinski definition) is 3. The van der Waals surface area contributed by atoms with Crippen LogP contribution < -0.4 is 24.3 Å². The predicted octanol–water partition coefficient (Wildman–Crippen LogP) is 9.85. The number of allylic oxidation sites excluding steroid dienone is 1. The van der Waals surface area contributed by atoms with E-state index in [-0.39, 0.29) is 56.7 Å². The first kappa shape index (κ1) is 48.9. The van der Waals surface area contributed by atoms with E-state index in [2.05, 4.69) is 24.9 Å². The van der Waals surface area contributed by atoms with E-state index in [1.165, 1.54) is 44.9 Å². The molecule has 0 spiro atoms. The second kappa shape index (κ2) is 24.6. The fourth-order valence-electron chi connectivity index (χ4n) is 10.3. The Kier molecular flexibility index (Phi) is 18.8. The van der Waals surface area contributed by atoms with Crippen molar-refractivity contribution in [3.63, 3.8) is 0 Å². The highest BCUT2D eigenvalue weighted by Crippen LogP contribution is 2.62. The van der Waals surface area contributed by atoms with E-state index in [1.54, 1.807) is 42.3 Å². The van der Waals surface area contributed by atoms with Gasteiger partial charge >= 0.3 is 6.09 Å². The molecule has 352 valence electrons. The number of amides is 2. The number of rotatable bonds is 27. The van der Waals surface area contributed by atoms with E-state index in [0.717, 1.165) is 56.1 Å². The van der Waals surface area contributed by atoms with Crippen LogP contribution >= 0.6 is 0 Å². The Morgan fingerprint density at radius 3 is 2.31 bits per heavy atom. The van der Waals surface area contributed by atoms with Crippen LogP contribution in [0.2, 0.25) is 0 Å². The minimum absolute atomic E-state index is 0.0238. The summed E-state index contributed by atoms with van der Waals surface area (Å²) in [5.74, 6) is -0.273. The van der Waals surface area contributed by atoms with Crippen molar-refractivity contribution >= 4 is 17.7 Å². The first-order chi connectivity index (χ1) is 31.3. The number of ether oxygens (including phenoxy) is 5. The van der Waals surface area contributed by atoms with Gasteiger partial charge in [0.1, 0.15) is 24.1 Å². The number of likely N-dealkylation sites (N-methyl/N-ethyl adjacent to an activating group) is 1. The zero-order valence-corrected chi connectivity index (χ0v) is 38.5. The molecule has 13 nitrogen and oxygen atoms in total. The smallest absolute Gasteiger partial charge is 0.412 e. The third kappa shape index (κ3) is 11.8. The molecule has 64 heavy (non-hydrogen) atoms. The number of unbranched alkanes of at least 4 members (excludes halogenated alkanes) is 11. The number of benzene rings is 2. The zero-order chi connectivity index (χ0) is 45.3. The van der Waals surface area contributed by atoms with Gasteiger partial charge in [-0.25, -0.2) is 4.79 Å². The number of nitrogens with zero attached hydrogens (tertiary/aromatic N) is 2. The summed E-state index contributed by atoms with van der Waals surface area (Å²) in [6.45, 7) is 9.43. The van der Waals surface area contributed by atoms with Crippen LogP contribution in [-0.4, -0.2) is 91.5 Å². The summed E-state index contributed by atoms with van der Waals surface area (Å²) in [4.78, 5) is 35.4. The number of oxime groups is 1. The van der Waals surface area contributed by atoms with E-state index in [9.17, 15) is 19.8 Å². The molecule has 2 aliphatic carbocycles. The lowest BCUT2D eigenvalue weighted by molar-refractivity contribution is -0.252. The van der Waals surface area contributed by atoms with Crippen LogP contribution in [0.15, 0.2) is 65.9 Å². The first-order valence-corrected chi connectivity index (χ1v) is 24.1. The van der Waals surface area contributed by atoms with Crippen LogP contribution in [0.4, 0.5) is 4.79 Å². The van der Waals surface area contributed by atoms with Gasteiger partial charge in [0.15, 0.2) is 11.5 Å². The maximum Gasteiger partial charge on any atom is 0.412 e. The van der Waals surface area contributed by atoms with Crippen LogP contribution in [0.5, 0.6) is 23.0 Å². The number of carbonyl (C=O) groups excluding carboxylic acids is 2. The van der Waals surface area contributed by atoms with Gasteiger partial charge in [-0.2, -0.15) is 0 Å². The van der Waals surface area contributed by atoms with Gasteiger partial charge < -0.3 is 49.0 Å². The monoisotopic (exact) mass is 888 g/mol. The molecular formula is C51H73N3O10. The Hall–Kier alpha value is -4.59. The van der Waals surface area contributed by atoms with Crippen LogP contribution in [0, 0.1) is 17.8 Å². The molecule has 2 aromatic rings. The minimum Gasteiger partial charge on any atom is -0.459 e. The number of carbonyl (C=O) groups is 2. The van der Waals surface area contributed by atoms with Crippen molar-refractivity contribution in [1.82, 2.24) is 10.2 Å². The van der Waals surface area contributed by atoms with Gasteiger partial charge in [-0.05, 0) is 92.8 Å². The van der Waals surface area contributed by atoms with Gasteiger partial charge in [0.2, 0.25) is 12.6 Å². The summed E-state index contributed by atoms with van der Waals surface area (Å²) in [6, 6.07) is 10.0. The molecule has 2 aromatic carbocycles. The molecule has 0 bridgehead atoms. The van der Waals surface area contributed by atoms with Crippen molar-refractivity contribution in [2.75, 3.05) is 46.8 Å². The standard InChI is InChI=1S/C51H73N3O10/c1-5-8-9-10-11-12-13-14-15-18-27-52-50(58)63-38-24-26-43-41(33-38)47-39(22-17-20-29-56)36(21-16-19-28-55)31-40-42(53-62-7-3)34-46(51(64-43,48(40)47)61-30-6-2)54(4)49(57)37-23-25-44-45(32-37)60-35-59-44/h6,23-26,31-33,36,39,46-48,55-56H,2,5,7-22,27-30,34-35H2,1,3-4H3,(H,52,58)/t36-,39+,46-,47+,48+,51+/m0/s1. The highest BCUT2D eigenvalue weighted by atomic mass is 16.7. The second-order valence-electron chi connectivity index (χ2n) is 17.7. The normalized spacial score (nSPS) is 23.4. The lowest BCUT2D eigenvalue weighted by Crippen LogP contribution is -2.69. The van der Waals surface area contributed by atoms with Crippen molar-refractivity contribution in [3.8, 4) is 23.0 Å². The molecule has 4 aliphatic rings. The van der Waals surface area contributed by atoms with Gasteiger partial charge in [0.05, 0.1) is 18.2 Å². The fraction of sp³-hybridized carbons (Fsp3) is 0.627. The van der Waals surface area contributed by atoms with E-state index in [1.807, 2.05) is 19.1 Å². The van der Waals surface area contributed by atoms with Crippen molar-refractivity contribution < 1.29 is 48.3 Å². The average molecular weight is 888 g/mol. The summed E-state index contributed by atoms with van der Waals surface area (Å²) in [6.07, 6.45) is 20.4. The molecule has 13 heteroatoms. The molecule has 1 fully saturated rings. The van der Waals surface area contributed by atoms with Gasteiger partial charge in [-0.3, -0.25) is 4.79 Å². The molecule has 0 saturated heterocycles. The summed E-state index contributed by atoms with van der Waals surface area (Å²) < 4.78 is 31.4. The fourth-order valence-corrected chi connectivity index (χ4v) is 10.3. The molecule has 6 rings (SSSR count). The van der Waals surface area contributed by atoms with E-state index in [4.69, 9.17) is 33.7 Å². The largest absolute Gasteiger partial charge is 0.459 e. The van der Waals surface area contributed by atoms with Gasteiger partial charge in [-0.1, -0.05) is 94.9 Å². The van der Waals surface area contributed by atoms with Crippen molar-refractivity contribution in [1.29, 1.82) is 0 Å². The molecule has 6 atom stereocenters. The molecule has 3 N–H and O–H groups in total. The molecule has 0 unspecified atom stereocenters. The number of fused-ring (bicyclic) bond motifs is 3. The van der Waals surface area contributed by atoms with Gasteiger partial charge in [-0.15, -0.1) is 6.58 Å². The van der Waals surface area contributed by atoms with Crippen LogP contribution in [0.25, 0.3) is 0 Å². The van der Waals surface area contributed by atoms with Crippen LogP contribution in [0.1, 0.15) is 145 Å². The van der Waals surface area contributed by atoms with Gasteiger partial charge in [0, 0.05) is 50.3 Å². The molecule has 2 aliphatic heterocycles. The molecule has 0 radical (unpaired) electrons. The third-order valence-electron chi connectivity index (χ3n) is 13.4.